The van der Waals surface area contributed by atoms with Gasteiger partial charge in [-0.15, -0.1) is 0 Å². The first kappa shape index (κ1) is 24.8. The van der Waals surface area contributed by atoms with Gasteiger partial charge in [-0.2, -0.15) is 0 Å². The van der Waals surface area contributed by atoms with E-state index in [1.54, 1.807) is 0 Å². The molecule has 0 aliphatic heterocycles. The van der Waals surface area contributed by atoms with Gasteiger partial charge in [0, 0.05) is 38.3 Å². The van der Waals surface area contributed by atoms with Crippen molar-refractivity contribution in [3.63, 3.8) is 0 Å². The SMILES string of the molecule is CC1(C)c2ccccc2-c2c1c1c(c3ccccc23)c2ccccc2n1-c1ccc2c(c1)c1ccccc1n2-c1ccccc1. The van der Waals surface area contributed by atoms with Gasteiger partial charge in [-0.05, 0) is 75.5 Å². The average Bonchev–Trinajstić information content (AvgIpc) is 3.69. The summed E-state index contributed by atoms with van der Waals surface area (Å²) in [4.78, 5) is 0. The highest BCUT2D eigenvalue weighted by molar-refractivity contribution is 6.27. The minimum Gasteiger partial charge on any atom is -0.309 e. The van der Waals surface area contributed by atoms with Crippen molar-refractivity contribution in [2.75, 3.05) is 0 Å². The normalized spacial score (nSPS) is 13.7. The Morgan fingerprint density at radius 3 is 1.84 bits per heavy atom. The maximum absolute atomic E-state index is 2.55. The van der Waals surface area contributed by atoms with E-state index in [0.717, 1.165) is 0 Å². The first-order valence-corrected chi connectivity index (χ1v) is 15.8. The fourth-order valence-corrected chi connectivity index (χ4v) is 8.41. The molecule has 1 aliphatic carbocycles. The van der Waals surface area contributed by atoms with E-state index in [-0.39, 0.29) is 5.41 Å². The van der Waals surface area contributed by atoms with Gasteiger partial charge in [-0.3, -0.25) is 0 Å². The van der Waals surface area contributed by atoms with Gasteiger partial charge in [-0.1, -0.05) is 117 Å². The van der Waals surface area contributed by atoms with Crippen LogP contribution in [0.25, 0.3) is 76.9 Å². The van der Waals surface area contributed by atoms with Gasteiger partial charge in [0.1, 0.15) is 0 Å². The predicted octanol–water partition coefficient (Wildman–Crippen LogP) is 11.3. The molecule has 0 saturated heterocycles. The number of rotatable bonds is 2. The molecule has 0 N–H and O–H groups in total. The Hall–Kier alpha value is -5.60. The molecule has 9 aromatic rings. The number of nitrogens with zero attached hydrogens (tertiary/aromatic N) is 2. The highest BCUT2D eigenvalue weighted by Gasteiger charge is 2.40. The van der Waals surface area contributed by atoms with Gasteiger partial charge in [-0.25, -0.2) is 0 Å². The second-order valence-electron chi connectivity index (χ2n) is 12.9. The Labute approximate surface area is 261 Å². The monoisotopic (exact) mass is 574 g/mol. The molecule has 10 rings (SSSR count). The fraction of sp³-hybridized carbons (Fsp3) is 0.0698. The summed E-state index contributed by atoms with van der Waals surface area (Å²) in [6, 6.07) is 53.6. The number of fused-ring (bicyclic) bond motifs is 13. The van der Waals surface area contributed by atoms with Crippen molar-refractivity contribution in [2.45, 2.75) is 19.3 Å². The lowest BCUT2D eigenvalue weighted by Gasteiger charge is -2.24. The third-order valence-electron chi connectivity index (χ3n) is 10.3. The van der Waals surface area contributed by atoms with Crippen LogP contribution in [0.1, 0.15) is 25.0 Å². The molecule has 2 aromatic heterocycles. The number of aromatic nitrogens is 2. The van der Waals surface area contributed by atoms with Crippen LogP contribution in [0.15, 0.2) is 146 Å². The highest BCUT2D eigenvalue weighted by atomic mass is 15.0. The molecule has 0 bridgehead atoms. The molecule has 0 fully saturated rings. The van der Waals surface area contributed by atoms with E-state index in [0.29, 0.717) is 0 Å². The summed E-state index contributed by atoms with van der Waals surface area (Å²) in [6.45, 7) is 4.81. The van der Waals surface area contributed by atoms with Crippen LogP contribution in [0.4, 0.5) is 0 Å². The Morgan fingerprint density at radius 2 is 1.04 bits per heavy atom. The van der Waals surface area contributed by atoms with Crippen molar-refractivity contribution in [3.8, 4) is 22.5 Å². The zero-order valence-electron chi connectivity index (χ0n) is 25.3. The summed E-state index contributed by atoms with van der Waals surface area (Å²) in [5.74, 6) is 0. The van der Waals surface area contributed by atoms with Crippen LogP contribution in [0, 0.1) is 0 Å². The quantitative estimate of drug-likeness (QED) is 0.194. The minimum absolute atomic E-state index is 0.159. The molecule has 0 radical (unpaired) electrons. The van der Waals surface area contributed by atoms with Crippen LogP contribution >= 0.6 is 0 Å². The Morgan fingerprint density at radius 1 is 0.444 bits per heavy atom. The van der Waals surface area contributed by atoms with E-state index in [2.05, 4.69) is 169 Å². The number of hydrogen-bond donors (Lipinski definition) is 0. The van der Waals surface area contributed by atoms with E-state index in [4.69, 9.17) is 0 Å². The van der Waals surface area contributed by atoms with Crippen LogP contribution in [0.5, 0.6) is 0 Å². The van der Waals surface area contributed by atoms with Gasteiger partial charge in [0.25, 0.3) is 0 Å². The maximum atomic E-state index is 2.55. The first-order valence-electron chi connectivity index (χ1n) is 15.8. The molecule has 0 saturated carbocycles. The van der Waals surface area contributed by atoms with E-state index in [1.807, 2.05) is 0 Å². The lowest BCUT2D eigenvalue weighted by Crippen LogP contribution is -2.16. The van der Waals surface area contributed by atoms with Crippen molar-refractivity contribution in [1.82, 2.24) is 9.13 Å². The molecule has 0 unspecified atom stereocenters. The maximum Gasteiger partial charge on any atom is 0.0594 e. The molecular weight excluding hydrogens is 544 g/mol. The second-order valence-corrected chi connectivity index (χ2v) is 12.9. The van der Waals surface area contributed by atoms with Crippen LogP contribution in [-0.2, 0) is 5.41 Å². The topological polar surface area (TPSA) is 9.86 Å². The van der Waals surface area contributed by atoms with Crippen LogP contribution < -0.4 is 0 Å². The van der Waals surface area contributed by atoms with Crippen molar-refractivity contribution < 1.29 is 0 Å². The van der Waals surface area contributed by atoms with Gasteiger partial charge in [0.15, 0.2) is 0 Å². The molecule has 45 heavy (non-hydrogen) atoms. The summed E-state index contributed by atoms with van der Waals surface area (Å²) in [5.41, 5.74) is 12.8. The van der Waals surface area contributed by atoms with Crippen LogP contribution in [0.3, 0.4) is 0 Å². The van der Waals surface area contributed by atoms with Gasteiger partial charge in [0.05, 0.1) is 22.1 Å². The molecular formula is C43H30N2. The van der Waals surface area contributed by atoms with Crippen molar-refractivity contribution in [3.05, 3.63) is 157 Å². The summed E-state index contributed by atoms with van der Waals surface area (Å²) in [6.07, 6.45) is 0. The summed E-state index contributed by atoms with van der Waals surface area (Å²) in [7, 11) is 0. The van der Waals surface area contributed by atoms with Crippen molar-refractivity contribution in [1.29, 1.82) is 0 Å². The van der Waals surface area contributed by atoms with E-state index >= 15 is 0 Å². The lowest BCUT2D eigenvalue weighted by atomic mass is 9.80. The Balaban J connectivity index is 1.39. The van der Waals surface area contributed by atoms with E-state index in [1.165, 1.54) is 88.0 Å². The highest BCUT2D eigenvalue weighted by Crippen LogP contribution is 2.56. The Kier molecular flexibility index (Phi) is 4.82. The largest absolute Gasteiger partial charge is 0.309 e. The summed E-state index contributed by atoms with van der Waals surface area (Å²) >= 11 is 0. The third kappa shape index (κ3) is 3.13. The van der Waals surface area contributed by atoms with Crippen molar-refractivity contribution in [2.24, 2.45) is 0 Å². The van der Waals surface area contributed by atoms with Crippen LogP contribution in [-0.4, -0.2) is 9.13 Å². The van der Waals surface area contributed by atoms with Gasteiger partial charge < -0.3 is 9.13 Å². The van der Waals surface area contributed by atoms with E-state index < -0.39 is 0 Å². The molecule has 2 nitrogen and oxygen atoms in total. The molecule has 212 valence electrons. The zero-order valence-corrected chi connectivity index (χ0v) is 25.3. The predicted molar refractivity (Wildman–Crippen MR) is 190 cm³/mol. The van der Waals surface area contributed by atoms with Crippen LogP contribution in [0.2, 0.25) is 0 Å². The number of para-hydroxylation sites is 3. The van der Waals surface area contributed by atoms with Gasteiger partial charge in [0.2, 0.25) is 0 Å². The smallest absolute Gasteiger partial charge is 0.0594 e. The third-order valence-corrected chi connectivity index (χ3v) is 10.3. The standard InChI is InChI=1S/C43H30N2/c1-43(2)35-21-11-8-19-32(35)39-30-17-6-7-18-31(30)40-33-20-10-13-23-37(33)45(42(40)41(39)43)28-24-25-38-34(26-28)29-16-9-12-22-36(29)44(38)27-14-4-3-5-15-27/h3-26H,1-2H3. The molecule has 0 spiro atoms. The second kappa shape index (κ2) is 8.74. The fourth-order valence-electron chi connectivity index (χ4n) is 8.41. The average molecular weight is 575 g/mol. The number of hydrogen-bond acceptors (Lipinski definition) is 0. The van der Waals surface area contributed by atoms with Crippen molar-refractivity contribution >= 4 is 54.4 Å². The van der Waals surface area contributed by atoms with Gasteiger partial charge >= 0.3 is 0 Å². The molecule has 7 aromatic carbocycles. The zero-order chi connectivity index (χ0) is 29.9. The number of benzene rings is 7. The molecule has 2 heteroatoms. The lowest BCUT2D eigenvalue weighted by molar-refractivity contribution is 0.664. The Bertz CT molecular complexity index is 2670. The molecule has 0 amide bonds. The minimum atomic E-state index is -0.159. The molecule has 0 atom stereocenters. The molecule has 1 aliphatic rings. The first-order chi connectivity index (χ1) is 22.1. The summed E-state index contributed by atoms with van der Waals surface area (Å²) < 4.78 is 4.95. The summed E-state index contributed by atoms with van der Waals surface area (Å²) in [5, 5.41) is 7.82. The van der Waals surface area contributed by atoms with E-state index in [9.17, 15) is 0 Å². The molecule has 2 heterocycles.